The quantitative estimate of drug-likeness (QED) is 0.471. The fourth-order valence-electron chi connectivity index (χ4n) is 2.70. The van der Waals surface area contributed by atoms with Gasteiger partial charge in [-0.25, -0.2) is 4.79 Å². The molecule has 1 amide bonds. The Morgan fingerprint density at radius 3 is 2.41 bits per heavy atom. The molecule has 0 saturated heterocycles. The molecule has 0 spiro atoms. The Morgan fingerprint density at radius 1 is 1.00 bits per heavy atom. The zero-order valence-electron chi connectivity index (χ0n) is 16.0. The summed E-state index contributed by atoms with van der Waals surface area (Å²) in [5.74, 6) is -0.863. The van der Waals surface area contributed by atoms with Gasteiger partial charge in [0.1, 0.15) is 11.4 Å². The number of carbonyl (C=O) groups excluding carboxylic acids is 3. The van der Waals surface area contributed by atoms with Crippen molar-refractivity contribution in [2.45, 2.75) is 13.0 Å². The zero-order valence-corrected chi connectivity index (χ0v) is 16.0. The van der Waals surface area contributed by atoms with Crippen LogP contribution in [0, 0.1) is 0 Å². The van der Waals surface area contributed by atoms with E-state index in [1.807, 2.05) is 0 Å². The van der Waals surface area contributed by atoms with E-state index in [9.17, 15) is 14.4 Å². The van der Waals surface area contributed by atoms with Gasteiger partial charge in [-0.15, -0.1) is 0 Å². The van der Waals surface area contributed by atoms with Gasteiger partial charge in [-0.05, 0) is 25.1 Å². The molecular weight excluding hydrogens is 372 g/mol. The summed E-state index contributed by atoms with van der Waals surface area (Å²) in [6.45, 7) is 1.40. The molecule has 2 N–H and O–H groups in total. The van der Waals surface area contributed by atoms with E-state index >= 15 is 0 Å². The van der Waals surface area contributed by atoms with Crippen LogP contribution in [0.1, 0.15) is 39.4 Å². The summed E-state index contributed by atoms with van der Waals surface area (Å²) < 4.78 is 10.6. The molecule has 0 unspecified atom stereocenters. The number of H-pyrrole nitrogens is 1. The molecule has 0 radical (unpaired) electrons. The Labute approximate surface area is 167 Å². The summed E-state index contributed by atoms with van der Waals surface area (Å²) >= 11 is 0. The van der Waals surface area contributed by atoms with E-state index < -0.39 is 18.0 Å². The van der Waals surface area contributed by atoms with Gasteiger partial charge in [0.2, 0.25) is 6.10 Å². The summed E-state index contributed by atoms with van der Waals surface area (Å²) in [6.07, 6.45) is 0.242. The van der Waals surface area contributed by atoms with Gasteiger partial charge in [-0.3, -0.25) is 9.59 Å². The summed E-state index contributed by atoms with van der Waals surface area (Å²) in [5, 5.41) is 2.74. The monoisotopic (exact) mass is 392 g/mol. The maximum atomic E-state index is 12.9. The molecule has 29 heavy (non-hydrogen) atoms. The summed E-state index contributed by atoms with van der Waals surface area (Å²) in [5.41, 5.74) is 1.46. The summed E-state index contributed by atoms with van der Waals surface area (Å²) in [4.78, 5) is 39.6. The van der Waals surface area contributed by atoms with Crippen molar-refractivity contribution in [3.05, 3.63) is 83.7 Å². The number of methoxy groups -OCH3 is 1. The Hall–Kier alpha value is -3.87. The van der Waals surface area contributed by atoms with Crippen molar-refractivity contribution in [1.29, 1.82) is 0 Å². The van der Waals surface area contributed by atoms with E-state index in [1.165, 1.54) is 26.3 Å². The number of Topliss-reactive ketones (excluding diaryl/α,β-unsaturated/α-hetero) is 1. The van der Waals surface area contributed by atoms with Crippen molar-refractivity contribution in [1.82, 2.24) is 4.98 Å². The molecule has 0 fully saturated rings. The first-order valence-corrected chi connectivity index (χ1v) is 8.88. The van der Waals surface area contributed by atoms with Crippen LogP contribution in [0.2, 0.25) is 0 Å². The largest absolute Gasteiger partial charge is 0.497 e. The van der Waals surface area contributed by atoms with Crippen LogP contribution in [0.3, 0.4) is 0 Å². The number of aromatic amines is 1. The number of ketones is 1. The maximum absolute atomic E-state index is 12.9. The van der Waals surface area contributed by atoms with Crippen LogP contribution in [0.4, 0.5) is 5.69 Å². The number of aromatic nitrogens is 1. The predicted molar refractivity (Wildman–Crippen MR) is 107 cm³/mol. The molecule has 0 aliphatic carbocycles. The number of amides is 1. The lowest BCUT2D eigenvalue weighted by molar-refractivity contribution is -0.125. The van der Waals surface area contributed by atoms with Crippen molar-refractivity contribution >= 4 is 23.3 Å². The normalized spacial score (nSPS) is 11.4. The first-order chi connectivity index (χ1) is 14.0. The number of benzene rings is 2. The lowest BCUT2D eigenvalue weighted by Gasteiger charge is -2.18. The molecule has 1 heterocycles. The number of anilines is 1. The van der Waals surface area contributed by atoms with Crippen molar-refractivity contribution in [2.24, 2.45) is 0 Å². The van der Waals surface area contributed by atoms with Crippen molar-refractivity contribution in [2.75, 3.05) is 12.4 Å². The molecule has 7 nitrogen and oxygen atoms in total. The van der Waals surface area contributed by atoms with Gasteiger partial charge < -0.3 is 19.8 Å². The highest BCUT2D eigenvalue weighted by Crippen LogP contribution is 2.23. The Morgan fingerprint density at radius 2 is 1.76 bits per heavy atom. The van der Waals surface area contributed by atoms with Crippen LogP contribution in [-0.4, -0.2) is 29.8 Å². The van der Waals surface area contributed by atoms with Gasteiger partial charge in [0.05, 0.1) is 7.11 Å². The number of rotatable bonds is 7. The number of carbonyl (C=O) groups is 3. The van der Waals surface area contributed by atoms with Gasteiger partial charge in [0.15, 0.2) is 5.78 Å². The minimum absolute atomic E-state index is 0.0883. The molecule has 2 aromatic carbocycles. The molecule has 0 aliphatic rings. The highest BCUT2D eigenvalue weighted by molar-refractivity contribution is 6.00. The minimum atomic E-state index is -1.18. The number of esters is 1. The zero-order chi connectivity index (χ0) is 20.8. The van der Waals surface area contributed by atoms with Gasteiger partial charge in [0.25, 0.3) is 5.91 Å². The van der Waals surface area contributed by atoms with E-state index in [0.29, 0.717) is 22.6 Å². The van der Waals surface area contributed by atoms with Crippen LogP contribution < -0.4 is 10.1 Å². The molecule has 0 saturated carbocycles. The molecule has 0 aliphatic heterocycles. The third-order valence-electron chi connectivity index (χ3n) is 4.21. The molecule has 148 valence electrons. The van der Waals surface area contributed by atoms with Gasteiger partial charge >= 0.3 is 5.97 Å². The van der Waals surface area contributed by atoms with Crippen LogP contribution in [0.25, 0.3) is 0 Å². The summed E-state index contributed by atoms with van der Waals surface area (Å²) in [7, 11) is 1.53. The molecule has 0 bridgehead atoms. The van der Waals surface area contributed by atoms with Crippen molar-refractivity contribution in [3.63, 3.8) is 0 Å². The lowest BCUT2D eigenvalue weighted by Crippen LogP contribution is -2.26. The smallest absolute Gasteiger partial charge is 0.355 e. The molecular formula is C22H20N2O5. The number of ether oxygens (including phenoxy) is 2. The fourth-order valence-corrected chi connectivity index (χ4v) is 2.70. The fraction of sp³-hybridized carbons (Fsp3) is 0.136. The van der Waals surface area contributed by atoms with Crippen LogP contribution in [0.5, 0.6) is 5.75 Å². The van der Waals surface area contributed by atoms with E-state index in [2.05, 4.69) is 10.3 Å². The highest BCUT2D eigenvalue weighted by Gasteiger charge is 2.26. The Kier molecular flexibility index (Phi) is 6.09. The van der Waals surface area contributed by atoms with Crippen LogP contribution in [0.15, 0.2) is 66.9 Å². The average Bonchev–Trinajstić information content (AvgIpc) is 3.23. The van der Waals surface area contributed by atoms with Crippen LogP contribution >= 0.6 is 0 Å². The molecule has 1 atom stereocenters. The predicted octanol–water partition coefficient (Wildman–Crippen LogP) is 3.76. The number of hydrogen-bond acceptors (Lipinski definition) is 5. The first-order valence-electron chi connectivity index (χ1n) is 8.88. The topological polar surface area (TPSA) is 97.5 Å². The van der Waals surface area contributed by atoms with Gasteiger partial charge in [-0.2, -0.15) is 0 Å². The minimum Gasteiger partial charge on any atom is -0.497 e. The summed E-state index contributed by atoms with van der Waals surface area (Å²) in [6, 6.07) is 16.9. The first kappa shape index (κ1) is 19.9. The lowest BCUT2D eigenvalue weighted by atomic mass is 10.1. The molecule has 7 heteroatoms. The SMILES string of the molecule is COc1cccc(NC(=O)[C@@H](OC(=O)c2cc(C(C)=O)c[nH]2)c2ccccc2)c1. The number of hydrogen-bond donors (Lipinski definition) is 2. The second kappa shape index (κ2) is 8.88. The molecule has 1 aromatic heterocycles. The van der Waals surface area contributed by atoms with E-state index in [4.69, 9.17) is 9.47 Å². The Balaban J connectivity index is 1.83. The third kappa shape index (κ3) is 4.90. The van der Waals surface area contributed by atoms with Crippen molar-refractivity contribution in [3.8, 4) is 5.75 Å². The van der Waals surface area contributed by atoms with Gasteiger partial charge in [0, 0.05) is 29.1 Å². The molecule has 3 aromatic rings. The van der Waals surface area contributed by atoms with Crippen molar-refractivity contribution < 1.29 is 23.9 Å². The van der Waals surface area contributed by atoms with Gasteiger partial charge in [-0.1, -0.05) is 36.4 Å². The van der Waals surface area contributed by atoms with E-state index in [-0.39, 0.29) is 11.5 Å². The van der Waals surface area contributed by atoms with E-state index in [1.54, 1.807) is 54.6 Å². The third-order valence-corrected chi connectivity index (χ3v) is 4.21. The average molecular weight is 392 g/mol. The highest BCUT2D eigenvalue weighted by atomic mass is 16.5. The van der Waals surface area contributed by atoms with E-state index in [0.717, 1.165) is 0 Å². The maximum Gasteiger partial charge on any atom is 0.355 e. The number of nitrogens with one attached hydrogen (secondary N) is 2. The van der Waals surface area contributed by atoms with Crippen LogP contribution in [-0.2, 0) is 9.53 Å². The second-order valence-corrected chi connectivity index (χ2v) is 6.28. The molecule has 3 rings (SSSR count). The standard InChI is InChI=1S/C22H20N2O5/c1-14(25)16-11-19(23-13-16)22(27)29-20(15-7-4-3-5-8-15)21(26)24-17-9-6-10-18(12-17)28-2/h3-13,20,23H,1-2H3,(H,24,26)/t20-/m0/s1. The Bertz CT molecular complexity index is 1030. The second-order valence-electron chi connectivity index (χ2n) is 6.28.